The van der Waals surface area contributed by atoms with Crippen LogP contribution < -0.4 is 9.64 Å². The summed E-state index contributed by atoms with van der Waals surface area (Å²) in [6.07, 6.45) is 0. The molecule has 108 valence electrons. The molecule has 0 aliphatic rings. The first-order valence-electron chi connectivity index (χ1n) is 6.77. The fourth-order valence-electron chi connectivity index (χ4n) is 2.04. The average molecular weight is 283 g/mol. The van der Waals surface area contributed by atoms with E-state index in [1.165, 1.54) is 6.92 Å². The van der Waals surface area contributed by atoms with Crippen LogP contribution in [0.2, 0.25) is 0 Å². The molecule has 0 aliphatic heterocycles. The van der Waals surface area contributed by atoms with E-state index < -0.39 is 0 Å². The van der Waals surface area contributed by atoms with Crippen molar-refractivity contribution in [1.29, 1.82) is 0 Å². The minimum absolute atomic E-state index is 0.0851. The molecule has 4 nitrogen and oxygen atoms in total. The molecular formula is C17H17NO3. The Balaban J connectivity index is 2.20. The average Bonchev–Trinajstić information content (AvgIpc) is 2.49. The van der Waals surface area contributed by atoms with Gasteiger partial charge in [-0.1, -0.05) is 18.2 Å². The number of nitrogens with zero attached hydrogens (tertiary/aromatic N) is 1. The van der Waals surface area contributed by atoms with Crippen LogP contribution in [0.3, 0.4) is 0 Å². The number of anilines is 1. The number of hydrogen-bond donors (Lipinski definition) is 0. The van der Waals surface area contributed by atoms with Crippen LogP contribution in [-0.4, -0.2) is 18.4 Å². The molecule has 0 radical (unpaired) electrons. The van der Waals surface area contributed by atoms with Crippen LogP contribution in [0.25, 0.3) is 0 Å². The predicted molar refractivity (Wildman–Crippen MR) is 81.5 cm³/mol. The predicted octanol–water partition coefficient (Wildman–Crippen LogP) is 3.28. The topological polar surface area (TPSA) is 46.6 Å². The highest BCUT2D eigenvalue weighted by Gasteiger charge is 2.15. The molecule has 0 bridgehead atoms. The summed E-state index contributed by atoms with van der Waals surface area (Å²) in [5.74, 6) is -0.0339. The molecule has 2 aromatic rings. The zero-order chi connectivity index (χ0) is 15.2. The maximum Gasteiger partial charge on any atom is 0.308 e. The van der Waals surface area contributed by atoms with Gasteiger partial charge in [0.15, 0.2) is 0 Å². The van der Waals surface area contributed by atoms with Crippen LogP contribution in [0.4, 0.5) is 5.69 Å². The molecule has 0 saturated carbocycles. The molecule has 0 heterocycles. The fourth-order valence-corrected chi connectivity index (χ4v) is 2.04. The Bertz CT molecular complexity index is 620. The Morgan fingerprint density at radius 2 is 1.62 bits per heavy atom. The Morgan fingerprint density at radius 1 is 1.00 bits per heavy atom. The van der Waals surface area contributed by atoms with Gasteiger partial charge < -0.3 is 9.64 Å². The van der Waals surface area contributed by atoms with E-state index in [2.05, 4.69) is 0 Å². The normalized spacial score (nSPS) is 10.0. The minimum atomic E-state index is -0.381. The van der Waals surface area contributed by atoms with E-state index in [0.29, 0.717) is 17.9 Å². The quantitative estimate of drug-likeness (QED) is 0.639. The standard InChI is InChI=1S/C17H17NO3/c1-3-18(15-7-5-4-6-8-15)17(20)14-9-11-16(12-10-14)21-13(2)19/h4-12H,3H2,1-2H3. The molecule has 2 aromatic carbocycles. The van der Waals surface area contributed by atoms with E-state index in [4.69, 9.17) is 4.74 Å². The van der Waals surface area contributed by atoms with E-state index in [0.717, 1.165) is 5.69 Å². The number of carbonyl (C=O) groups is 2. The van der Waals surface area contributed by atoms with Gasteiger partial charge in [0.1, 0.15) is 5.75 Å². The lowest BCUT2D eigenvalue weighted by Crippen LogP contribution is -2.30. The Labute approximate surface area is 124 Å². The summed E-state index contributed by atoms with van der Waals surface area (Å²) in [5, 5.41) is 0. The number of carbonyl (C=O) groups excluding carboxylic acids is 2. The van der Waals surface area contributed by atoms with E-state index >= 15 is 0 Å². The molecule has 0 spiro atoms. The Kier molecular flexibility index (Phi) is 4.72. The molecule has 0 unspecified atom stereocenters. The van der Waals surface area contributed by atoms with Crippen molar-refractivity contribution < 1.29 is 14.3 Å². The van der Waals surface area contributed by atoms with Gasteiger partial charge in [0.2, 0.25) is 0 Å². The summed E-state index contributed by atoms with van der Waals surface area (Å²) in [4.78, 5) is 25.1. The van der Waals surface area contributed by atoms with Gasteiger partial charge in [-0.25, -0.2) is 0 Å². The first-order chi connectivity index (χ1) is 10.1. The molecule has 21 heavy (non-hydrogen) atoms. The van der Waals surface area contributed by atoms with Crippen LogP contribution in [0, 0.1) is 0 Å². The second kappa shape index (κ2) is 6.70. The minimum Gasteiger partial charge on any atom is -0.427 e. The van der Waals surface area contributed by atoms with Crippen molar-refractivity contribution in [3.63, 3.8) is 0 Å². The second-order valence-electron chi connectivity index (χ2n) is 4.50. The van der Waals surface area contributed by atoms with Gasteiger partial charge >= 0.3 is 5.97 Å². The van der Waals surface area contributed by atoms with Crippen molar-refractivity contribution in [1.82, 2.24) is 0 Å². The van der Waals surface area contributed by atoms with E-state index in [-0.39, 0.29) is 11.9 Å². The van der Waals surface area contributed by atoms with Gasteiger partial charge in [0.25, 0.3) is 5.91 Å². The summed E-state index contributed by atoms with van der Waals surface area (Å²) in [5.41, 5.74) is 1.41. The van der Waals surface area contributed by atoms with Crippen LogP contribution in [0.1, 0.15) is 24.2 Å². The highest BCUT2D eigenvalue weighted by Crippen LogP contribution is 2.18. The SMILES string of the molecule is CCN(C(=O)c1ccc(OC(C)=O)cc1)c1ccccc1. The Morgan fingerprint density at radius 3 is 2.14 bits per heavy atom. The number of hydrogen-bond acceptors (Lipinski definition) is 3. The maximum atomic E-state index is 12.5. The smallest absolute Gasteiger partial charge is 0.308 e. The van der Waals surface area contributed by atoms with Gasteiger partial charge in [0.05, 0.1) is 0 Å². The first-order valence-corrected chi connectivity index (χ1v) is 6.77. The zero-order valence-electron chi connectivity index (χ0n) is 12.1. The van der Waals surface area contributed by atoms with Gasteiger partial charge in [0, 0.05) is 24.7 Å². The number of benzene rings is 2. The number of para-hydroxylation sites is 1. The van der Waals surface area contributed by atoms with E-state index in [1.54, 1.807) is 29.2 Å². The molecule has 1 amide bonds. The largest absolute Gasteiger partial charge is 0.427 e. The summed E-state index contributed by atoms with van der Waals surface area (Å²) in [7, 11) is 0. The van der Waals surface area contributed by atoms with Crippen LogP contribution in [0.5, 0.6) is 5.75 Å². The number of ether oxygens (including phenoxy) is 1. The Hall–Kier alpha value is -2.62. The van der Waals surface area contributed by atoms with Crippen molar-refractivity contribution >= 4 is 17.6 Å². The third-order valence-electron chi connectivity index (χ3n) is 2.99. The first kappa shape index (κ1) is 14.8. The molecule has 0 aliphatic carbocycles. The highest BCUT2D eigenvalue weighted by atomic mass is 16.5. The van der Waals surface area contributed by atoms with Gasteiger partial charge in [-0.2, -0.15) is 0 Å². The lowest BCUT2D eigenvalue weighted by atomic mass is 10.1. The number of rotatable bonds is 4. The lowest BCUT2D eigenvalue weighted by Gasteiger charge is -2.21. The summed E-state index contributed by atoms with van der Waals surface area (Å²) < 4.78 is 4.96. The van der Waals surface area contributed by atoms with E-state index in [9.17, 15) is 9.59 Å². The second-order valence-corrected chi connectivity index (χ2v) is 4.50. The van der Waals surface area contributed by atoms with Gasteiger partial charge in [-0.3, -0.25) is 9.59 Å². The fraction of sp³-hybridized carbons (Fsp3) is 0.176. The van der Waals surface area contributed by atoms with Crippen molar-refractivity contribution in [2.75, 3.05) is 11.4 Å². The van der Waals surface area contributed by atoms with Gasteiger partial charge in [-0.05, 0) is 43.3 Å². The number of amides is 1. The number of esters is 1. The van der Waals surface area contributed by atoms with Crippen molar-refractivity contribution in [2.45, 2.75) is 13.8 Å². The highest BCUT2D eigenvalue weighted by molar-refractivity contribution is 6.06. The van der Waals surface area contributed by atoms with Crippen molar-refractivity contribution in [2.24, 2.45) is 0 Å². The summed E-state index contributed by atoms with van der Waals surface area (Å²) >= 11 is 0. The van der Waals surface area contributed by atoms with Crippen molar-refractivity contribution in [3.8, 4) is 5.75 Å². The molecular weight excluding hydrogens is 266 g/mol. The molecule has 4 heteroatoms. The molecule has 0 N–H and O–H groups in total. The zero-order valence-corrected chi connectivity index (χ0v) is 12.1. The molecule has 0 aromatic heterocycles. The maximum absolute atomic E-state index is 12.5. The molecule has 2 rings (SSSR count). The molecule has 0 saturated heterocycles. The molecule has 0 atom stereocenters. The van der Waals surface area contributed by atoms with Gasteiger partial charge in [-0.15, -0.1) is 0 Å². The third-order valence-corrected chi connectivity index (χ3v) is 2.99. The van der Waals surface area contributed by atoms with Crippen LogP contribution >= 0.6 is 0 Å². The third kappa shape index (κ3) is 3.69. The van der Waals surface area contributed by atoms with Crippen molar-refractivity contribution in [3.05, 3.63) is 60.2 Å². The lowest BCUT2D eigenvalue weighted by molar-refractivity contribution is -0.131. The van der Waals surface area contributed by atoms with Crippen LogP contribution in [0.15, 0.2) is 54.6 Å². The molecule has 0 fully saturated rings. The van der Waals surface area contributed by atoms with Crippen LogP contribution in [-0.2, 0) is 4.79 Å². The van der Waals surface area contributed by atoms with E-state index in [1.807, 2.05) is 37.3 Å². The summed E-state index contributed by atoms with van der Waals surface area (Å²) in [6.45, 7) is 3.85. The monoisotopic (exact) mass is 283 g/mol. The summed E-state index contributed by atoms with van der Waals surface area (Å²) in [6, 6.07) is 16.1.